The zero-order valence-corrected chi connectivity index (χ0v) is 16.4. The molecular formula is C20H17N5O4S. The minimum atomic E-state index is -3.73. The minimum absolute atomic E-state index is 0.0490. The number of nitrogens with one attached hydrogen (secondary N) is 1. The van der Waals surface area contributed by atoms with E-state index in [0.29, 0.717) is 24.3 Å². The van der Waals surface area contributed by atoms with E-state index in [1.54, 1.807) is 42.9 Å². The summed E-state index contributed by atoms with van der Waals surface area (Å²) in [6.45, 7) is 0.397. The van der Waals surface area contributed by atoms with E-state index in [9.17, 15) is 18.3 Å². The summed E-state index contributed by atoms with van der Waals surface area (Å²) in [4.78, 5) is 19.9. The predicted molar refractivity (Wildman–Crippen MR) is 111 cm³/mol. The molecule has 0 saturated carbocycles. The van der Waals surface area contributed by atoms with Crippen molar-refractivity contribution in [2.24, 2.45) is 5.14 Å². The SMILES string of the molecule is NS(=O)(=O)c1ccc(CNc2nccn3c(-c4ccc(O)c(C=O)c4)cnc23)cc1. The van der Waals surface area contributed by atoms with Crippen LogP contribution in [0.2, 0.25) is 0 Å². The molecule has 0 radical (unpaired) electrons. The summed E-state index contributed by atoms with van der Waals surface area (Å²) in [6, 6.07) is 11.0. The highest BCUT2D eigenvalue weighted by Crippen LogP contribution is 2.27. The van der Waals surface area contributed by atoms with E-state index in [4.69, 9.17) is 5.14 Å². The quantitative estimate of drug-likeness (QED) is 0.404. The Morgan fingerprint density at radius 1 is 1.13 bits per heavy atom. The first-order chi connectivity index (χ1) is 14.4. The fourth-order valence-corrected chi connectivity index (χ4v) is 3.56. The van der Waals surface area contributed by atoms with Crippen LogP contribution in [0.1, 0.15) is 15.9 Å². The van der Waals surface area contributed by atoms with E-state index in [-0.39, 0.29) is 16.2 Å². The lowest BCUT2D eigenvalue weighted by molar-refractivity contribution is 0.112. The van der Waals surface area contributed by atoms with Gasteiger partial charge < -0.3 is 10.4 Å². The Bertz CT molecular complexity index is 1350. The number of imidazole rings is 1. The van der Waals surface area contributed by atoms with Crippen molar-refractivity contribution in [2.75, 3.05) is 5.32 Å². The molecule has 0 atom stereocenters. The van der Waals surface area contributed by atoms with E-state index in [0.717, 1.165) is 16.8 Å². The largest absolute Gasteiger partial charge is 0.507 e. The highest BCUT2D eigenvalue weighted by Gasteiger charge is 2.12. The summed E-state index contributed by atoms with van der Waals surface area (Å²) in [6.07, 6.45) is 5.62. The van der Waals surface area contributed by atoms with Gasteiger partial charge in [0.25, 0.3) is 0 Å². The van der Waals surface area contributed by atoms with Crippen molar-refractivity contribution in [3.05, 3.63) is 72.2 Å². The average Bonchev–Trinajstić information content (AvgIpc) is 3.17. The molecule has 0 amide bonds. The number of rotatable bonds is 6. The fourth-order valence-electron chi connectivity index (χ4n) is 3.05. The Balaban J connectivity index is 1.61. The van der Waals surface area contributed by atoms with Crippen LogP contribution < -0.4 is 10.5 Å². The van der Waals surface area contributed by atoms with E-state index in [2.05, 4.69) is 15.3 Å². The van der Waals surface area contributed by atoms with Gasteiger partial charge in [-0.25, -0.2) is 23.5 Å². The van der Waals surface area contributed by atoms with Gasteiger partial charge in [-0.2, -0.15) is 0 Å². The Labute approximate surface area is 171 Å². The van der Waals surface area contributed by atoms with E-state index in [1.807, 2.05) is 4.40 Å². The van der Waals surface area contributed by atoms with Crippen LogP contribution in [-0.2, 0) is 16.6 Å². The molecule has 0 saturated heterocycles. The van der Waals surface area contributed by atoms with Gasteiger partial charge in [-0.3, -0.25) is 9.20 Å². The van der Waals surface area contributed by atoms with Gasteiger partial charge in [-0.05, 0) is 35.9 Å². The third-order valence-electron chi connectivity index (χ3n) is 4.59. The number of aldehydes is 1. The number of fused-ring (bicyclic) bond motifs is 1. The maximum Gasteiger partial charge on any atom is 0.238 e. The number of hydrogen-bond acceptors (Lipinski definition) is 7. The summed E-state index contributed by atoms with van der Waals surface area (Å²) in [5.74, 6) is 0.453. The number of phenols is 1. The maximum atomic E-state index is 11.4. The molecule has 0 aliphatic carbocycles. The number of primary sulfonamides is 1. The standard InChI is InChI=1S/C20H17N5O4S/c21-30(28,29)16-4-1-13(2-5-16)10-23-19-20-24-11-17(25(20)8-7-22-19)14-3-6-18(27)15(9-14)12-26/h1-9,11-12,27H,10H2,(H,22,23)(H2,21,28,29). The molecule has 0 fully saturated rings. The summed E-state index contributed by atoms with van der Waals surface area (Å²) < 4.78 is 24.5. The molecule has 9 nitrogen and oxygen atoms in total. The molecule has 4 rings (SSSR count). The second-order valence-corrected chi connectivity index (χ2v) is 8.11. The number of sulfonamides is 1. The third-order valence-corrected chi connectivity index (χ3v) is 5.52. The number of carbonyl (C=O) groups excluding carboxylic acids is 1. The number of nitrogens with two attached hydrogens (primary N) is 1. The number of benzene rings is 2. The molecule has 0 bridgehead atoms. The van der Waals surface area contributed by atoms with Crippen LogP contribution >= 0.6 is 0 Å². The summed E-state index contributed by atoms with van der Waals surface area (Å²) in [5.41, 5.74) is 3.06. The molecule has 2 aromatic carbocycles. The first-order valence-corrected chi connectivity index (χ1v) is 10.4. The molecule has 4 N–H and O–H groups in total. The predicted octanol–water partition coefficient (Wildman–Crippen LogP) is 2.17. The number of carbonyl (C=O) groups is 1. The molecule has 152 valence electrons. The molecule has 0 unspecified atom stereocenters. The fraction of sp³-hybridized carbons (Fsp3) is 0.0500. The smallest absolute Gasteiger partial charge is 0.238 e. The Morgan fingerprint density at radius 3 is 2.60 bits per heavy atom. The first-order valence-electron chi connectivity index (χ1n) is 8.83. The van der Waals surface area contributed by atoms with Crippen LogP contribution in [0.3, 0.4) is 0 Å². The van der Waals surface area contributed by atoms with Crippen molar-refractivity contribution in [3.63, 3.8) is 0 Å². The lowest BCUT2D eigenvalue weighted by atomic mass is 10.1. The molecule has 4 aromatic rings. The maximum absolute atomic E-state index is 11.4. The number of aromatic hydroxyl groups is 1. The van der Waals surface area contributed by atoms with Gasteiger partial charge in [0, 0.05) is 24.5 Å². The van der Waals surface area contributed by atoms with Crippen molar-refractivity contribution in [1.29, 1.82) is 0 Å². The highest BCUT2D eigenvalue weighted by molar-refractivity contribution is 7.89. The second-order valence-electron chi connectivity index (χ2n) is 6.55. The second kappa shape index (κ2) is 7.58. The van der Waals surface area contributed by atoms with Crippen molar-refractivity contribution >= 4 is 27.8 Å². The van der Waals surface area contributed by atoms with Crippen molar-refractivity contribution in [2.45, 2.75) is 11.4 Å². The van der Waals surface area contributed by atoms with Crippen molar-refractivity contribution in [1.82, 2.24) is 14.4 Å². The Kier molecular flexibility index (Phi) is 4.94. The molecule has 30 heavy (non-hydrogen) atoms. The molecule has 0 spiro atoms. The Hall–Kier alpha value is -3.76. The molecule has 2 aromatic heterocycles. The monoisotopic (exact) mass is 423 g/mol. The molecule has 0 aliphatic heterocycles. The first kappa shape index (κ1) is 19.6. The zero-order valence-electron chi connectivity index (χ0n) is 15.6. The summed E-state index contributed by atoms with van der Waals surface area (Å²) in [7, 11) is -3.73. The van der Waals surface area contributed by atoms with E-state index >= 15 is 0 Å². The van der Waals surface area contributed by atoms with Gasteiger partial charge in [0.05, 0.1) is 22.3 Å². The van der Waals surface area contributed by atoms with Gasteiger partial charge >= 0.3 is 0 Å². The van der Waals surface area contributed by atoms with Crippen molar-refractivity contribution < 1.29 is 18.3 Å². The van der Waals surface area contributed by atoms with Crippen LogP contribution in [-0.4, -0.2) is 34.2 Å². The lowest BCUT2D eigenvalue weighted by Crippen LogP contribution is -2.12. The molecule has 2 heterocycles. The van der Waals surface area contributed by atoms with Crippen LogP contribution in [0, 0.1) is 0 Å². The number of hydrogen-bond donors (Lipinski definition) is 3. The summed E-state index contributed by atoms with van der Waals surface area (Å²) in [5, 5.41) is 18.0. The van der Waals surface area contributed by atoms with Crippen molar-refractivity contribution in [3.8, 4) is 17.0 Å². The zero-order chi connectivity index (χ0) is 21.3. The molecular weight excluding hydrogens is 406 g/mol. The van der Waals surface area contributed by atoms with Crippen LogP contribution in [0.25, 0.3) is 16.9 Å². The van der Waals surface area contributed by atoms with E-state index < -0.39 is 10.0 Å². The summed E-state index contributed by atoms with van der Waals surface area (Å²) >= 11 is 0. The van der Waals surface area contributed by atoms with Crippen LogP contribution in [0.4, 0.5) is 5.82 Å². The number of aromatic nitrogens is 3. The number of anilines is 1. The highest BCUT2D eigenvalue weighted by atomic mass is 32.2. The number of phenolic OH excluding ortho intramolecular Hbond substituents is 1. The van der Waals surface area contributed by atoms with Gasteiger partial charge in [0.15, 0.2) is 17.8 Å². The van der Waals surface area contributed by atoms with Crippen LogP contribution in [0.15, 0.2) is 66.0 Å². The number of nitrogens with zero attached hydrogens (tertiary/aromatic N) is 3. The normalized spacial score (nSPS) is 11.5. The van der Waals surface area contributed by atoms with Crippen LogP contribution in [0.5, 0.6) is 5.75 Å². The van der Waals surface area contributed by atoms with Gasteiger partial charge in [-0.15, -0.1) is 0 Å². The molecule has 10 heteroatoms. The average molecular weight is 423 g/mol. The van der Waals surface area contributed by atoms with Gasteiger partial charge in [0.1, 0.15) is 5.75 Å². The third kappa shape index (κ3) is 3.73. The topological polar surface area (TPSA) is 140 Å². The van der Waals surface area contributed by atoms with Gasteiger partial charge in [0.2, 0.25) is 10.0 Å². The van der Waals surface area contributed by atoms with Gasteiger partial charge in [-0.1, -0.05) is 12.1 Å². The lowest BCUT2D eigenvalue weighted by Gasteiger charge is -2.09. The molecule has 0 aliphatic rings. The minimum Gasteiger partial charge on any atom is -0.507 e. The Morgan fingerprint density at radius 2 is 1.90 bits per heavy atom. The van der Waals surface area contributed by atoms with E-state index in [1.165, 1.54) is 18.2 Å².